The number of thiazole rings is 1. The van der Waals surface area contributed by atoms with Gasteiger partial charge in [0, 0.05) is 12.1 Å². The quantitative estimate of drug-likeness (QED) is 0.725. The van der Waals surface area contributed by atoms with Crippen molar-refractivity contribution in [2.24, 2.45) is 10.1 Å². The van der Waals surface area contributed by atoms with Gasteiger partial charge in [0.2, 0.25) is 10.0 Å². The molecular formula is C19H21N3O3S2. The van der Waals surface area contributed by atoms with Gasteiger partial charge in [-0.3, -0.25) is 4.79 Å². The van der Waals surface area contributed by atoms with Gasteiger partial charge < -0.3 is 4.57 Å². The van der Waals surface area contributed by atoms with Gasteiger partial charge >= 0.3 is 0 Å². The van der Waals surface area contributed by atoms with E-state index in [1.165, 1.54) is 23.5 Å². The molecule has 0 bridgehead atoms. The summed E-state index contributed by atoms with van der Waals surface area (Å²) in [4.78, 5) is 17.5. The van der Waals surface area contributed by atoms with Crippen molar-refractivity contribution in [1.29, 1.82) is 0 Å². The molecule has 0 aliphatic rings. The second kappa shape index (κ2) is 7.38. The van der Waals surface area contributed by atoms with Crippen LogP contribution in [-0.2, 0) is 16.6 Å². The third-order valence-corrected chi connectivity index (χ3v) is 6.33. The molecule has 27 heavy (non-hydrogen) atoms. The van der Waals surface area contributed by atoms with Crippen LogP contribution in [0.2, 0.25) is 0 Å². The topological polar surface area (TPSA) is 94.5 Å². The molecule has 3 aromatic rings. The fourth-order valence-corrected chi connectivity index (χ4v) is 4.49. The van der Waals surface area contributed by atoms with Crippen LogP contribution < -0.4 is 9.94 Å². The van der Waals surface area contributed by atoms with Crippen molar-refractivity contribution in [2.45, 2.75) is 38.6 Å². The molecule has 0 aliphatic carbocycles. The highest BCUT2D eigenvalue weighted by Crippen LogP contribution is 2.22. The third kappa shape index (κ3) is 4.02. The van der Waals surface area contributed by atoms with E-state index in [2.05, 4.69) is 4.99 Å². The lowest BCUT2D eigenvalue weighted by Gasteiger charge is -2.04. The third-order valence-electron chi connectivity index (χ3n) is 4.38. The van der Waals surface area contributed by atoms with Crippen LogP contribution in [0, 0.1) is 13.8 Å². The fraction of sp³-hybridized carbons (Fsp3) is 0.263. The van der Waals surface area contributed by atoms with Crippen molar-refractivity contribution in [3.8, 4) is 0 Å². The molecule has 3 rings (SSSR count). The summed E-state index contributed by atoms with van der Waals surface area (Å²) in [6.45, 7) is 6.65. The number of hydrogen-bond donors (Lipinski definition) is 1. The summed E-state index contributed by atoms with van der Waals surface area (Å²) in [5.74, 6) is -0.318. The Morgan fingerprint density at radius 3 is 2.52 bits per heavy atom. The van der Waals surface area contributed by atoms with Gasteiger partial charge in [0.1, 0.15) is 0 Å². The Morgan fingerprint density at radius 2 is 1.89 bits per heavy atom. The number of primary sulfonamides is 1. The fourth-order valence-electron chi connectivity index (χ4n) is 2.78. The van der Waals surface area contributed by atoms with Crippen LogP contribution in [0.4, 0.5) is 0 Å². The molecule has 1 heterocycles. The van der Waals surface area contributed by atoms with E-state index in [-0.39, 0.29) is 10.8 Å². The first-order valence-electron chi connectivity index (χ1n) is 8.53. The number of amides is 1. The van der Waals surface area contributed by atoms with Crippen molar-refractivity contribution in [2.75, 3.05) is 0 Å². The smallest absolute Gasteiger partial charge is 0.279 e. The molecule has 0 saturated carbocycles. The molecule has 0 fully saturated rings. The van der Waals surface area contributed by atoms with Gasteiger partial charge in [-0.15, -0.1) is 0 Å². The van der Waals surface area contributed by atoms with Gasteiger partial charge in [0.15, 0.2) is 4.80 Å². The number of carbonyl (C=O) groups is 1. The SMILES string of the molecule is CCCn1c(=NC(=O)c2ccc(C)c(C)c2)sc2cc(S(N)(=O)=O)ccc21. The molecule has 0 saturated heterocycles. The number of nitrogens with zero attached hydrogens (tertiary/aromatic N) is 2. The molecule has 0 aliphatic heterocycles. The molecule has 1 aromatic heterocycles. The highest BCUT2D eigenvalue weighted by molar-refractivity contribution is 7.89. The minimum Gasteiger partial charge on any atom is -0.316 e. The van der Waals surface area contributed by atoms with E-state index >= 15 is 0 Å². The maximum Gasteiger partial charge on any atom is 0.279 e. The molecule has 2 N–H and O–H groups in total. The van der Waals surface area contributed by atoms with Crippen molar-refractivity contribution >= 4 is 37.5 Å². The number of nitrogens with two attached hydrogens (primary N) is 1. The van der Waals surface area contributed by atoms with Crippen LogP contribution in [0.1, 0.15) is 34.8 Å². The Kier molecular flexibility index (Phi) is 5.32. The number of fused-ring (bicyclic) bond motifs is 1. The first kappa shape index (κ1) is 19.5. The number of benzene rings is 2. The molecular weight excluding hydrogens is 382 g/mol. The lowest BCUT2D eigenvalue weighted by molar-refractivity contribution is 0.0997. The highest BCUT2D eigenvalue weighted by atomic mass is 32.2. The van der Waals surface area contributed by atoms with Crippen molar-refractivity contribution < 1.29 is 13.2 Å². The van der Waals surface area contributed by atoms with Gasteiger partial charge in [0.25, 0.3) is 5.91 Å². The van der Waals surface area contributed by atoms with E-state index in [0.29, 0.717) is 16.9 Å². The zero-order valence-corrected chi connectivity index (χ0v) is 17.0. The van der Waals surface area contributed by atoms with Crippen molar-refractivity contribution in [1.82, 2.24) is 4.57 Å². The second-order valence-electron chi connectivity index (χ2n) is 6.43. The molecule has 2 aromatic carbocycles. The summed E-state index contributed by atoms with van der Waals surface area (Å²) in [5.41, 5.74) is 3.52. The van der Waals surface area contributed by atoms with Crippen LogP contribution in [0.5, 0.6) is 0 Å². The van der Waals surface area contributed by atoms with Crippen molar-refractivity contribution in [3.63, 3.8) is 0 Å². The second-order valence-corrected chi connectivity index (χ2v) is 9.00. The molecule has 0 unspecified atom stereocenters. The highest BCUT2D eigenvalue weighted by Gasteiger charge is 2.13. The summed E-state index contributed by atoms with van der Waals surface area (Å²) < 4.78 is 25.9. The van der Waals surface area contributed by atoms with Crippen molar-refractivity contribution in [3.05, 3.63) is 57.9 Å². The number of hydrogen-bond acceptors (Lipinski definition) is 4. The molecule has 8 heteroatoms. The number of carbonyl (C=O) groups excluding carboxylic acids is 1. The number of sulfonamides is 1. The monoisotopic (exact) mass is 403 g/mol. The van der Waals surface area contributed by atoms with Gasteiger partial charge in [-0.2, -0.15) is 4.99 Å². The van der Waals surface area contributed by atoms with Crippen LogP contribution in [-0.4, -0.2) is 18.9 Å². The van der Waals surface area contributed by atoms with Gasteiger partial charge in [-0.1, -0.05) is 24.3 Å². The number of aryl methyl sites for hydroxylation is 3. The predicted octanol–water partition coefficient (Wildman–Crippen LogP) is 3.12. The van der Waals surface area contributed by atoms with E-state index in [4.69, 9.17) is 5.14 Å². The standard InChI is InChI=1S/C19H21N3O3S2/c1-4-9-22-16-8-7-15(27(20,24)25)11-17(16)26-19(22)21-18(23)14-6-5-12(2)13(3)10-14/h5-8,10-11H,4,9H2,1-3H3,(H2,20,24,25). The zero-order valence-electron chi connectivity index (χ0n) is 15.4. The van der Waals surface area contributed by atoms with Crippen LogP contribution in [0.3, 0.4) is 0 Å². The summed E-state index contributed by atoms with van der Waals surface area (Å²) >= 11 is 1.28. The first-order chi connectivity index (χ1) is 12.7. The average Bonchev–Trinajstić information content (AvgIpc) is 2.93. The van der Waals surface area contributed by atoms with Gasteiger partial charge in [-0.05, 0) is 61.7 Å². The lowest BCUT2D eigenvalue weighted by atomic mass is 10.1. The van der Waals surface area contributed by atoms with E-state index in [1.54, 1.807) is 12.1 Å². The minimum absolute atomic E-state index is 0.0481. The zero-order chi connectivity index (χ0) is 19.8. The maximum atomic E-state index is 12.6. The largest absolute Gasteiger partial charge is 0.316 e. The van der Waals surface area contributed by atoms with Crippen LogP contribution in [0.25, 0.3) is 10.2 Å². The van der Waals surface area contributed by atoms with E-state index < -0.39 is 10.0 Å². The first-order valence-corrected chi connectivity index (χ1v) is 10.9. The number of rotatable bonds is 4. The predicted molar refractivity (Wildman–Crippen MR) is 107 cm³/mol. The Bertz CT molecular complexity index is 1200. The maximum absolute atomic E-state index is 12.6. The van der Waals surface area contributed by atoms with Gasteiger partial charge in [0.05, 0.1) is 15.1 Å². The molecule has 0 spiro atoms. The lowest BCUT2D eigenvalue weighted by Crippen LogP contribution is -2.17. The molecule has 6 nitrogen and oxygen atoms in total. The average molecular weight is 404 g/mol. The summed E-state index contributed by atoms with van der Waals surface area (Å²) in [7, 11) is -3.79. The van der Waals surface area contributed by atoms with E-state index in [9.17, 15) is 13.2 Å². The van der Waals surface area contributed by atoms with Crippen LogP contribution >= 0.6 is 11.3 Å². The summed E-state index contributed by atoms with van der Waals surface area (Å²) in [5, 5.41) is 5.23. The Morgan fingerprint density at radius 1 is 1.15 bits per heavy atom. The molecule has 142 valence electrons. The number of aromatic nitrogens is 1. The summed E-state index contributed by atoms with van der Waals surface area (Å²) in [6, 6.07) is 10.2. The van der Waals surface area contributed by atoms with E-state index in [1.807, 2.05) is 37.5 Å². The van der Waals surface area contributed by atoms with Crippen LogP contribution in [0.15, 0.2) is 46.3 Å². The molecule has 1 amide bonds. The summed E-state index contributed by atoms with van der Waals surface area (Å²) in [6.07, 6.45) is 0.855. The van der Waals surface area contributed by atoms with Gasteiger partial charge in [-0.25, -0.2) is 13.6 Å². The molecule has 0 atom stereocenters. The molecule has 0 radical (unpaired) electrons. The Hall–Kier alpha value is -2.29. The Balaban J connectivity index is 2.16. The normalized spacial score (nSPS) is 12.7. The minimum atomic E-state index is -3.79. The Labute approximate surface area is 162 Å². The van der Waals surface area contributed by atoms with E-state index in [0.717, 1.165) is 27.8 Å².